The summed E-state index contributed by atoms with van der Waals surface area (Å²) in [7, 11) is -3.53. The Hall–Kier alpha value is -4.70. The first kappa shape index (κ1) is 123. The molecule has 15 rings (SSSR count). The Bertz CT molecular complexity index is 3260. The van der Waals surface area contributed by atoms with Gasteiger partial charge in [-0.15, -0.1) is 0 Å². The van der Waals surface area contributed by atoms with Crippen LogP contribution in [0.15, 0.2) is 0 Å². The Balaban J connectivity index is -0.000000431. The topological polar surface area (TPSA) is 285 Å². The molecule has 10 unspecified atom stereocenters. The summed E-state index contributed by atoms with van der Waals surface area (Å²) < 4.78 is 67.0. The lowest BCUT2D eigenvalue weighted by molar-refractivity contribution is -0.225. The van der Waals surface area contributed by atoms with E-state index in [1.54, 1.807) is 27.7 Å². The van der Waals surface area contributed by atoms with Gasteiger partial charge in [0, 0.05) is 30.1 Å². The Kier molecular flexibility index (Phi) is 49.1. The molecule has 706 valence electrons. The number of carbonyl (C=O) groups is 9. The van der Waals surface area contributed by atoms with E-state index in [9.17, 15) is 56.7 Å². The molecule has 10 bridgehead atoms. The Morgan fingerprint density at radius 1 is 0.487 bits per heavy atom. The van der Waals surface area contributed by atoms with Crippen molar-refractivity contribution in [2.75, 3.05) is 13.2 Å². The van der Waals surface area contributed by atoms with Crippen LogP contribution in [0.5, 0.6) is 0 Å². The summed E-state index contributed by atoms with van der Waals surface area (Å²) in [5, 5.41) is 10.2. The second-order valence-corrected chi connectivity index (χ2v) is 40.4. The zero-order valence-electron chi connectivity index (χ0n) is 69.3. The van der Waals surface area contributed by atoms with Gasteiger partial charge in [-0.2, -0.15) is 8.42 Å². The monoisotopic (exact) mass is 1720 g/mol. The van der Waals surface area contributed by atoms with E-state index in [0.29, 0.717) is 68.8 Å². The van der Waals surface area contributed by atoms with Crippen molar-refractivity contribution in [3.8, 4) is 0 Å². The van der Waals surface area contributed by atoms with Crippen LogP contribution >= 0.6 is 0 Å². The second-order valence-electron chi connectivity index (χ2n) is 38.7. The Morgan fingerprint density at radius 3 is 1.37 bits per heavy atom. The van der Waals surface area contributed by atoms with E-state index < -0.39 is 80.0 Å². The fourth-order valence-corrected chi connectivity index (χ4v) is 21.3. The zero-order chi connectivity index (χ0) is 79.6. The molecule has 0 spiro atoms. The summed E-state index contributed by atoms with van der Waals surface area (Å²) in [6, 6.07) is 0.232. The maximum Gasteiger partial charge on any atom is 0.347 e. The van der Waals surface area contributed by atoms with Gasteiger partial charge in [-0.05, 0) is 272 Å². The molecule has 10 atom stereocenters. The smallest absolute Gasteiger partial charge is 0.347 e. The van der Waals surface area contributed by atoms with Gasteiger partial charge in [0.25, 0.3) is 10.1 Å². The molecule has 15 fully saturated rings. The number of hydrogen-bond donors (Lipinski definition) is 1. The highest BCUT2D eigenvalue weighted by atomic mass is 32.2. The molecule has 12 aliphatic carbocycles. The maximum atomic E-state index is 12.6. The average molecular weight is 1720 g/mol. The Labute approximate surface area is 730 Å². The van der Waals surface area contributed by atoms with Crippen molar-refractivity contribution in [1.29, 1.82) is 0 Å². The highest BCUT2D eigenvalue weighted by Crippen LogP contribution is 2.62. The molecular formula is C97H187NO20S. The maximum absolute atomic E-state index is 12.6. The molecule has 3 aliphatic heterocycles. The van der Waals surface area contributed by atoms with E-state index in [1.165, 1.54) is 62.7 Å². The second kappa shape index (κ2) is 47.6. The highest BCUT2D eigenvalue weighted by Gasteiger charge is 2.66. The predicted molar refractivity (Wildman–Crippen MR) is 485 cm³/mol. The number of imide groups is 1. The fraction of sp³-hybridized carbons (Fsp3) is 0.907. The van der Waals surface area contributed by atoms with Crippen LogP contribution in [0.1, 0.15) is 420 Å². The number of hydrogen-bond acceptors (Lipinski definition) is 20. The number of aliphatic hydroxyl groups is 1. The van der Waals surface area contributed by atoms with Crippen LogP contribution in [0.3, 0.4) is 0 Å². The van der Waals surface area contributed by atoms with E-state index in [-0.39, 0.29) is 182 Å². The summed E-state index contributed by atoms with van der Waals surface area (Å²) in [5.74, 6) is 2.52. The number of nitrogens with zero attached hydrogens (tertiary/aromatic N) is 1. The normalized spacial score (nSPS) is 30.5. The average Bonchev–Trinajstić information content (AvgIpc) is 1.62. The zero-order valence-corrected chi connectivity index (χ0v) is 70.1. The van der Waals surface area contributed by atoms with Crippen LogP contribution in [0.2, 0.25) is 0 Å². The van der Waals surface area contributed by atoms with Crippen LogP contribution in [0, 0.1) is 85.8 Å². The standard InChI is InChI=1S/C18H30O2.C16H26O3.C15H22O7S.C14H26O2.C12H19NO2.C10H16O4.12CH4/c1-5-17(3,4)16(19)20-18(6-2)14-8-12-7-13(10-14)11-15(18)9-12;1-4-14(2,3)13(17)19-16-8-11-5-12(9-16)7-15(18,6-11)10-16;1-4-15(2,3)14(17)20-7-11(16)21-12-8-5-9-10(6-8)23(18,19)22-13(9)12;1-5-13(3,4)12(15)16-14(6-2)10-8-7-9-11-14;1-4-12(2,3)11(15)13-9-7-5-6-8(9)10(13)14;1-4-10(2,3)9(12)14-7-5-6-13-8(7)11;;;;;;;;;;;;/h12-15H,5-11H2,1-4H3;11-12,18H,4-10H2,1-3H3;8-10,12-13H,4-7H2,1-3H3;5-11H2,1-4H3;8-9H,4-7H2,1-3H3;7H,4-6H2,1-3H3;12*1H4. The number of carbonyl (C=O) groups excluding carboxylic acids is 9. The molecule has 21 nitrogen and oxygen atoms in total. The first-order chi connectivity index (χ1) is 49.7. The van der Waals surface area contributed by atoms with Gasteiger partial charge < -0.3 is 38.3 Å². The van der Waals surface area contributed by atoms with Gasteiger partial charge in [0.2, 0.25) is 17.9 Å². The number of likely N-dealkylation sites (tertiary alicyclic amines) is 1. The predicted octanol–water partition coefficient (Wildman–Crippen LogP) is 23.6. The van der Waals surface area contributed by atoms with E-state index in [0.717, 1.165) is 108 Å². The molecule has 0 aromatic heterocycles. The van der Waals surface area contributed by atoms with Crippen molar-refractivity contribution in [2.45, 2.75) is 472 Å². The molecular weight excluding hydrogens is 1530 g/mol. The molecule has 22 heteroatoms. The fourth-order valence-electron chi connectivity index (χ4n) is 19.4. The van der Waals surface area contributed by atoms with Gasteiger partial charge in [-0.1, -0.05) is 171 Å². The van der Waals surface area contributed by atoms with Crippen LogP contribution in [0.25, 0.3) is 0 Å². The first-order valence-corrected chi connectivity index (χ1v) is 43.2. The summed E-state index contributed by atoms with van der Waals surface area (Å²) in [6.45, 7) is 39.0. The van der Waals surface area contributed by atoms with Gasteiger partial charge in [-0.25, -0.2) is 9.59 Å². The van der Waals surface area contributed by atoms with Crippen LogP contribution < -0.4 is 0 Å². The molecule has 15 aliphatic rings. The van der Waals surface area contributed by atoms with Gasteiger partial charge in [0.15, 0.2) is 6.61 Å². The lowest BCUT2D eigenvalue weighted by atomic mass is 9.49. The molecule has 1 N–H and O–H groups in total. The number of β-lactam (4-membered cyclic amide) rings is 1. The van der Waals surface area contributed by atoms with Crippen molar-refractivity contribution in [3.63, 3.8) is 0 Å². The lowest BCUT2D eigenvalue weighted by Crippen LogP contribution is -2.63. The van der Waals surface area contributed by atoms with Gasteiger partial charge in [0.05, 0.1) is 56.5 Å². The minimum atomic E-state index is -3.53. The molecule has 12 saturated carbocycles. The quantitative estimate of drug-likeness (QED) is 0.0483. The van der Waals surface area contributed by atoms with Crippen LogP contribution in [-0.2, 0) is 90.6 Å². The van der Waals surface area contributed by atoms with Gasteiger partial charge in [0.1, 0.15) is 29.0 Å². The largest absolute Gasteiger partial charge is 0.463 e. The third-order valence-electron chi connectivity index (χ3n) is 28.7. The number of esters is 7. The van der Waals surface area contributed by atoms with E-state index >= 15 is 0 Å². The minimum Gasteiger partial charge on any atom is -0.463 e. The van der Waals surface area contributed by atoms with E-state index in [1.807, 2.05) is 90.0 Å². The number of amides is 2. The van der Waals surface area contributed by atoms with Crippen molar-refractivity contribution < 1.29 is 94.0 Å². The summed E-state index contributed by atoms with van der Waals surface area (Å²) in [5.41, 5.74) is -3.83. The third-order valence-corrected chi connectivity index (χ3v) is 30.5. The minimum absolute atomic E-state index is 0. The first-order valence-electron chi connectivity index (χ1n) is 41.7. The molecule has 0 aromatic carbocycles. The van der Waals surface area contributed by atoms with Crippen molar-refractivity contribution in [3.05, 3.63) is 0 Å². The summed E-state index contributed by atoms with van der Waals surface area (Å²) in [4.78, 5) is 109. The van der Waals surface area contributed by atoms with Crippen LogP contribution in [0.4, 0.5) is 0 Å². The van der Waals surface area contributed by atoms with Crippen molar-refractivity contribution >= 4 is 63.7 Å². The number of fused-ring (bicyclic) bond motifs is 2. The number of cyclic esters (lactones) is 1. The molecule has 0 aromatic rings. The molecule has 3 saturated heterocycles. The lowest BCUT2D eigenvalue weighted by Gasteiger charge is -2.60. The summed E-state index contributed by atoms with van der Waals surface area (Å²) in [6.07, 6.45) is 27.6. The number of ether oxygens (including phenoxy) is 7. The molecule has 119 heavy (non-hydrogen) atoms. The number of rotatable bonds is 21. The SMILES string of the molecule is C.C.C.C.C.C.C.C.C.C.C.C.CCC(C)(C)C(=O)N1C(=O)C2CCCC21.CCC(C)(C)C(=O)OC1(CC)C2CC3CC(C2)CC1C3.CCC(C)(C)C(=O)OC12CC3CC(CC(O)(C3)C1)C2.CCC(C)(C)C(=O)OC1CCOC1=O.CCC(C)(C)C(=O)OCC(=O)OC1C2CC3C1OS(=O)(=O)C3C2.CCC1(OC(=O)C(C)(C)CC)CCCCC1. The van der Waals surface area contributed by atoms with E-state index in [2.05, 4.69) is 20.8 Å². The third kappa shape index (κ3) is 27.4. The highest BCUT2D eigenvalue weighted by molar-refractivity contribution is 7.87. The van der Waals surface area contributed by atoms with E-state index in [4.69, 9.17) is 37.3 Å². The molecule has 0 radical (unpaired) electrons. The Morgan fingerprint density at radius 2 is 0.933 bits per heavy atom. The van der Waals surface area contributed by atoms with Gasteiger partial charge >= 0.3 is 41.8 Å². The summed E-state index contributed by atoms with van der Waals surface area (Å²) >= 11 is 0. The van der Waals surface area contributed by atoms with Gasteiger partial charge in [-0.3, -0.25) is 42.6 Å². The van der Waals surface area contributed by atoms with Crippen molar-refractivity contribution in [1.82, 2.24) is 4.90 Å². The van der Waals surface area contributed by atoms with Crippen LogP contribution in [-0.4, -0.2) is 137 Å². The molecule has 2 amide bonds. The molecule has 3 heterocycles. The van der Waals surface area contributed by atoms with Crippen molar-refractivity contribution in [2.24, 2.45) is 85.8 Å².